The second-order valence-electron chi connectivity index (χ2n) is 7.36. The number of rotatable bonds is 1. The summed E-state index contributed by atoms with van der Waals surface area (Å²) in [6.07, 6.45) is 21.5. The lowest BCUT2D eigenvalue weighted by Gasteiger charge is -2.33. The van der Waals surface area contributed by atoms with Crippen molar-refractivity contribution in [3.8, 4) is 0 Å². The topological polar surface area (TPSA) is 15.3 Å². The summed E-state index contributed by atoms with van der Waals surface area (Å²) in [4.78, 5) is 2.64. The van der Waals surface area contributed by atoms with Crippen LogP contribution in [0.3, 0.4) is 0 Å². The number of fused-ring (bicyclic) bond motifs is 6. The third kappa shape index (κ3) is 1.93. The lowest BCUT2D eigenvalue weighted by atomic mass is 9.90. The van der Waals surface area contributed by atoms with E-state index in [-0.39, 0.29) is 0 Å². The fourth-order valence-electron chi connectivity index (χ4n) is 4.92. The molecule has 0 amide bonds. The lowest BCUT2D eigenvalue weighted by molar-refractivity contribution is 0.645. The molecular weight excluding hydrogens is 324 g/mol. The molecule has 5 aliphatic rings. The fourth-order valence-corrected chi connectivity index (χ4v) is 6.06. The van der Waals surface area contributed by atoms with Crippen LogP contribution in [-0.4, -0.2) is 18.1 Å². The van der Waals surface area contributed by atoms with Crippen molar-refractivity contribution in [3.05, 3.63) is 83.4 Å². The van der Waals surface area contributed by atoms with Gasteiger partial charge in [-0.1, -0.05) is 54.7 Å². The molecule has 3 aliphatic heterocycles. The maximum absolute atomic E-state index is 3.73. The summed E-state index contributed by atoms with van der Waals surface area (Å²) in [5.41, 5.74) is 5.73. The molecule has 0 spiro atoms. The molecule has 124 valence electrons. The van der Waals surface area contributed by atoms with E-state index in [0.29, 0.717) is 29.3 Å². The Labute approximate surface area is 152 Å². The average molecular weight is 344 g/mol. The van der Waals surface area contributed by atoms with Gasteiger partial charge in [0, 0.05) is 17.3 Å². The molecular formula is C22H20N2S. The number of benzene rings is 1. The smallest absolute Gasteiger partial charge is 0.0651 e. The minimum atomic E-state index is 0.415. The number of hydrogen-bond acceptors (Lipinski definition) is 3. The second-order valence-corrected chi connectivity index (χ2v) is 8.42. The van der Waals surface area contributed by atoms with Gasteiger partial charge in [-0.25, -0.2) is 0 Å². The first-order valence-corrected chi connectivity index (χ1v) is 10.1. The number of nitrogens with one attached hydrogen (secondary N) is 1. The van der Waals surface area contributed by atoms with E-state index in [1.807, 2.05) is 11.8 Å². The predicted molar refractivity (Wildman–Crippen MR) is 107 cm³/mol. The quantitative estimate of drug-likeness (QED) is 0.766. The van der Waals surface area contributed by atoms with E-state index in [2.05, 4.69) is 82.4 Å². The molecule has 2 aliphatic carbocycles. The van der Waals surface area contributed by atoms with Crippen LogP contribution in [0.15, 0.2) is 72.2 Å². The highest BCUT2D eigenvalue weighted by Crippen LogP contribution is 2.55. The normalized spacial score (nSPS) is 35.5. The molecule has 0 aromatic heterocycles. The third-order valence-corrected chi connectivity index (χ3v) is 7.19. The van der Waals surface area contributed by atoms with Crippen molar-refractivity contribution in [2.45, 2.75) is 35.7 Å². The molecule has 0 radical (unpaired) electrons. The Bertz CT molecular complexity index is 892. The molecule has 3 heteroatoms. The standard InChI is InChI=1S/C22H20N2S/c1-2-6-14(7-3-1)24-20-10-11-25-22(20)17-12-16-15-8-4-5-9-18(15)23-19(16)13-21(17)24/h1-6,8-15,18,20,22-23H,7H2. The Balaban J connectivity index is 1.48. The van der Waals surface area contributed by atoms with Crippen LogP contribution in [0.25, 0.3) is 0 Å². The number of nitrogens with zero attached hydrogens (tertiary/aromatic N) is 1. The van der Waals surface area contributed by atoms with Gasteiger partial charge < -0.3 is 10.2 Å². The molecule has 1 aromatic rings. The van der Waals surface area contributed by atoms with Gasteiger partial charge in [-0.05, 0) is 35.1 Å². The van der Waals surface area contributed by atoms with E-state index >= 15 is 0 Å². The van der Waals surface area contributed by atoms with Crippen LogP contribution in [0.2, 0.25) is 0 Å². The van der Waals surface area contributed by atoms with Crippen LogP contribution in [0.5, 0.6) is 0 Å². The van der Waals surface area contributed by atoms with Crippen molar-refractivity contribution in [2.75, 3.05) is 10.2 Å². The highest BCUT2D eigenvalue weighted by atomic mass is 32.2. The molecule has 2 nitrogen and oxygen atoms in total. The second kappa shape index (κ2) is 5.18. The van der Waals surface area contributed by atoms with Crippen LogP contribution in [0.1, 0.15) is 28.7 Å². The molecule has 1 aromatic carbocycles. The summed E-state index contributed by atoms with van der Waals surface area (Å²) < 4.78 is 0. The van der Waals surface area contributed by atoms with Crippen molar-refractivity contribution in [3.63, 3.8) is 0 Å². The Morgan fingerprint density at radius 2 is 1.88 bits per heavy atom. The fraction of sp³-hybridized carbons (Fsp3) is 0.273. The summed E-state index contributed by atoms with van der Waals surface area (Å²) in [5.74, 6) is 0.481. The number of hydrogen-bond donors (Lipinski definition) is 1. The van der Waals surface area contributed by atoms with Crippen molar-refractivity contribution < 1.29 is 0 Å². The summed E-state index contributed by atoms with van der Waals surface area (Å²) in [5, 5.41) is 6.57. The van der Waals surface area contributed by atoms with Gasteiger partial charge in [0.1, 0.15) is 0 Å². The predicted octanol–water partition coefficient (Wildman–Crippen LogP) is 5.07. The van der Waals surface area contributed by atoms with E-state index in [4.69, 9.17) is 0 Å². The average Bonchev–Trinajstić information content (AvgIpc) is 3.32. The molecule has 5 atom stereocenters. The van der Waals surface area contributed by atoms with Crippen molar-refractivity contribution >= 4 is 23.1 Å². The monoisotopic (exact) mass is 344 g/mol. The van der Waals surface area contributed by atoms with Crippen molar-refractivity contribution in [2.24, 2.45) is 0 Å². The number of thioether (sulfide) groups is 1. The van der Waals surface area contributed by atoms with Gasteiger partial charge >= 0.3 is 0 Å². The molecule has 6 rings (SSSR count). The molecule has 25 heavy (non-hydrogen) atoms. The molecule has 0 saturated heterocycles. The molecule has 5 unspecified atom stereocenters. The van der Waals surface area contributed by atoms with Gasteiger partial charge in [0.25, 0.3) is 0 Å². The summed E-state index contributed by atoms with van der Waals surface area (Å²) in [6, 6.07) is 6.28. The molecule has 3 heterocycles. The van der Waals surface area contributed by atoms with Gasteiger partial charge in [0.2, 0.25) is 0 Å². The summed E-state index contributed by atoms with van der Waals surface area (Å²) >= 11 is 1.98. The first kappa shape index (κ1) is 14.1. The number of anilines is 2. The van der Waals surface area contributed by atoms with Crippen LogP contribution in [0.4, 0.5) is 11.4 Å². The summed E-state index contributed by atoms with van der Waals surface area (Å²) in [7, 11) is 0. The Morgan fingerprint density at radius 3 is 2.80 bits per heavy atom. The minimum absolute atomic E-state index is 0.415. The maximum Gasteiger partial charge on any atom is 0.0651 e. The zero-order valence-electron chi connectivity index (χ0n) is 13.9. The van der Waals surface area contributed by atoms with Gasteiger partial charge in [-0.2, -0.15) is 0 Å². The molecule has 0 bridgehead atoms. The first-order valence-electron chi connectivity index (χ1n) is 9.13. The van der Waals surface area contributed by atoms with Gasteiger partial charge in [-0.15, -0.1) is 11.8 Å². The van der Waals surface area contributed by atoms with E-state index in [0.717, 1.165) is 6.42 Å². The van der Waals surface area contributed by atoms with Gasteiger partial charge in [-0.3, -0.25) is 0 Å². The largest absolute Gasteiger partial charge is 0.378 e. The van der Waals surface area contributed by atoms with Gasteiger partial charge in [0.05, 0.1) is 23.4 Å². The maximum atomic E-state index is 3.73. The lowest BCUT2D eigenvalue weighted by Crippen LogP contribution is -2.39. The Morgan fingerprint density at radius 1 is 0.960 bits per heavy atom. The first-order chi connectivity index (χ1) is 12.4. The SMILES string of the molecule is C1=CCC(N2c3cc4c(cc3C3SC=CC32)C2C=CC=CC2N4)C=C1. The molecule has 0 saturated carbocycles. The molecule has 0 fully saturated rings. The van der Waals surface area contributed by atoms with Crippen LogP contribution >= 0.6 is 11.8 Å². The van der Waals surface area contributed by atoms with E-state index in [9.17, 15) is 0 Å². The third-order valence-electron chi connectivity index (χ3n) is 6.05. The Hall–Kier alpha value is -2.13. The number of allylic oxidation sites excluding steroid dienone is 4. The highest BCUT2D eigenvalue weighted by molar-refractivity contribution is 8.02. The Kier molecular flexibility index (Phi) is 2.92. The van der Waals surface area contributed by atoms with E-state index in [1.54, 1.807) is 0 Å². The zero-order chi connectivity index (χ0) is 16.4. The van der Waals surface area contributed by atoms with Crippen molar-refractivity contribution in [1.29, 1.82) is 0 Å². The minimum Gasteiger partial charge on any atom is -0.378 e. The molecule has 1 N–H and O–H groups in total. The van der Waals surface area contributed by atoms with Crippen LogP contribution < -0.4 is 10.2 Å². The van der Waals surface area contributed by atoms with Crippen molar-refractivity contribution in [1.82, 2.24) is 0 Å². The highest BCUT2D eigenvalue weighted by Gasteiger charge is 2.44. The van der Waals surface area contributed by atoms with E-state index in [1.165, 1.54) is 22.5 Å². The van der Waals surface area contributed by atoms with Crippen LogP contribution in [0, 0.1) is 0 Å². The van der Waals surface area contributed by atoms with Crippen LogP contribution in [-0.2, 0) is 0 Å². The van der Waals surface area contributed by atoms with Gasteiger partial charge in [0.15, 0.2) is 0 Å². The zero-order valence-corrected chi connectivity index (χ0v) is 14.7. The summed E-state index contributed by atoms with van der Waals surface area (Å²) in [6.45, 7) is 0. The van der Waals surface area contributed by atoms with E-state index < -0.39 is 0 Å².